The Morgan fingerprint density at radius 2 is 1.77 bits per heavy atom. The summed E-state index contributed by atoms with van der Waals surface area (Å²) in [5, 5.41) is 7.95. The number of hydrogen-bond donors (Lipinski definition) is 0. The predicted octanol–water partition coefficient (Wildman–Crippen LogP) is 3.98. The maximum Gasteiger partial charge on any atom is 0.106 e. The molecule has 0 radical (unpaired) electrons. The molecule has 0 spiro atoms. The predicted molar refractivity (Wildman–Crippen MR) is 117 cm³/mol. The van der Waals surface area contributed by atoms with E-state index in [1.807, 2.05) is 18.5 Å². The van der Waals surface area contributed by atoms with Crippen molar-refractivity contribution in [1.82, 2.24) is 29.5 Å². The summed E-state index contributed by atoms with van der Waals surface area (Å²) in [6, 6.07) is 12.6. The molecule has 1 aliphatic rings. The van der Waals surface area contributed by atoms with Gasteiger partial charge < -0.3 is 9.47 Å². The van der Waals surface area contributed by atoms with Gasteiger partial charge in [-0.3, -0.25) is 4.98 Å². The van der Waals surface area contributed by atoms with Crippen LogP contribution in [0.2, 0.25) is 0 Å². The quantitative estimate of drug-likeness (QED) is 0.519. The minimum atomic E-state index is 0.350. The van der Waals surface area contributed by atoms with Crippen LogP contribution in [0.5, 0.6) is 0 Å². The van der Waals surface area contributed by atoms with E-state index in [1.165, 1.54) is 11.4 Å². The molecule has 0 aliphatic carbocycles. The lowest BCUT2D eigenvalue weighted by Gasteiger charge is -2.31. The SMILES string of the molecule is Cc1nc(-c2cccnc2C(C)C)c2n1CCN(c1ccc(-n3ccnn3)cc1)C2. The van der Waals surface area contributed by atoms with E-state index in [1.54, 1.807) is 10.9 Å². The minimum Gasteiger partial charge on any atom is -0.364 e. The Hall–Kier alpha value is -3.48. The molecule has 0 fully saturated rings. The number of aromatic nitrogens is 6. The van der Waals surface area contributed by atoms with Crippen LogP contribution in [0.15, 0.2) is 55.0 Å². The number of benzene rings is 1. The van der Waals surface area contributed by atoms with Gasteiger partial charge in [-0.15, -0.1) is 5.10 Å². The molecule has 7 heteroatoms. The summed E-state index contributed by atoms with van der Waals surface area (Å²) in [6.45, 7) is 9.17. The highest BCUT2D eigenvalue weighted by Gasteiger charge is 2.25. The molecular weight excluding hydrogens is 374 g/mol. The van der Waals surface area contributed by atoms with Gasteiger partial charge in [-0.25, -0.2) is 9.67 Å². The first-order valence-corrected chi connectivity index (χ1v) is 10.3. The van der Waals surface area contributed by atoms with Crippen LogP contribution in [0, 0.1) is 6.92 Å². The number of hydrogen-bond acceptors (Lipinski definition) is 5. The third-order valence-corrected chi connectivity index (χ3v) is 5.74. The fourth-order valence-electron chi connectivity index (χ4n) is 4.22. The van der Waals surface area contributed by atoms with Crippen LogP contribution < -0.4 is 4.90 Å². The Bertz CT molecular complexity index is 1160. The number of pyridine rings is 1. The molecule has 1 aromatic carbocycles. The number of fused-ring (bicyclic) bond motifs is 1. The molecule has 4 aromatic rings. The second kappa shape index (κ2) is 7.40. The van der Waals surface area contributed by atoms with Crippen LogP contribution in [0.4, 0.5) is 5.69 Å². The van der Waals surface area contributed by atoms with Crippen LogP contribution in [0.25, 0.3) is 16.9 Å². The molecule has 0 unspecified atom stereocenters. The molecule has 0 bridgehead atoms. The van der Waals surface area contributed by atoms with Crippen molar-refractivity contribution < 1.29 is 0 Å². The minimum absolute atomic E-state index is 0.350. The van der Waals surface area contributed by atoms with Crippen LogP contribution in [-0.4, -0.2) is 36.1 Å². The molecule has 0 saturated carbocycles. The van der Waals surface area contributed by atoms with Crippen molar-refractivity contribution in [2.24, 2.45) is 0 Å². The molecule has 0 atom stereocenters. The molecule has 1 aliphatic heterocycles. The van der Waals surface area contributed by atoms with E-state index in [9.17, 15) is 0 Å². The third-order valence-electron chi connectivity index (χ3n) is 5.74. The Labute approximate surface area is 176 Å². The number of anilines is 1. The van der Waals surface area contributed by atoms with Gasteiger partial charge in [0.2, 0.25) is 0 Å². The fourth-order valence-corrected chi connectivity index (χ4v) is 4.22. The summed E-state index contributed by atoms with van der Waals surface area (Å²) in [5.41, 5.74) is 6.78. The van der Waals surface area contributed by atoms with Gasteiger partial charge in [0.15, 0.2) is 0 Å². The molecule has 3 aromatic heterocycles. The Morgan fingerprint density at radius 1 is 0.967 bits per heavy atom. The molecule has 4 heterocycles. The van der Waals surface area contributed by atoms with Gasteiger partial charge in [0.05, 0.1) is 41.7 Å². The summed E-state index contributed by atoms with van der Waals surface area (Å²) in [4.78, 5) is 12.0. The van der Waals surface area contributed by atoms with Crippen molar-refractivity contribution in [2.75, 3.05) is 11.4 Å². The number of imidazole rings is 1. The molecular formula is C23H25N7. The second-order valence-electron chi connectivity index (χ2n) is 7.98. The lowest BCUT2D eigenvalue weighted by atomic mass is 10.00. The third kappa shape index (κ3) is 3.16. The first-order valence-electron chi connectivity index (χ1n) is 10.3. The van der Waals surface area contributed by atoms with E-state index < -0.39 is 0 Å². The standard InChI is InChI=1S/C23H25N7/c1-16(2)22-20(5-4-10-24-22)23-21-15-28(13-14-29(21)17(3)26-23)18-6-8-19(9-7-18)30-12-11-25-27-30/h4-12,16H,13-15H2,1-3H3. The zero-order chi connectivity index (χ0) is 20.7. The average Bonchev–Trinajstić information content (AvgIpc) is 3.42. The number of aryl methyl sites for hydroxylation is 1. The molecule has 0 amide bonds. The largest absolute Gasteiger partial charge is 0.364 e. The summed E-state index contributed by atoms with van der Waals surface area (Å²) >= 11 is 0. The number of nitrogens with zero attached hydrogens (tertiary/aromatic N) is 7. The van der Waals surface area contributed by atoms with Crippen LogP contribution in [0.1, 0.15) is 37.0 Å². The van der Waals surface area contributed by atoms with E-state index in [2.05, 4.69) is 75.9 Å². The van der Waals surface area contributed by atoms with Gasteiger partial charge in [-0.1, -0.05) is 19.1 Å². The topological polar surface area (TPSA) is 64.7 Å². The molecule has 0 N–H and O–H groups in total. The van der Waals surface area contributed by atoms with Crippen LogP contribution in [-0.2, 0) is 13.1 Å². The molecule has 30 heavy (non-hydrogen) atoms. The van der Waals surface area contributed by atoms with Gasteiger partial charge in [0.1, 0.15) is 5.82 Å². The highest BCUT2D eigenvalue weighted by molar-refractivity contribution is 5.67. The summed E-state index contributed by atoms with van der Waals surface area (Å²) in [5.74, 6) is 1.42. The second-order valence-corrected chi connectivity index (χ2v) is 7.98. The van der Waals surface area contributed by atoms with Crippen molar-refractivity contribution in [1.29, 1.82) is 0 Å². The van der Waals surface area contributed by atoms with Crippen LogP contribution >= 0.6 is 0 Å². The highest BCUT2D eigenvalue weighted by atomic mass is 15.4. The smallest absolute Gasteiger partial charge is 0.106 e. The Balaban J connectivity index is 1.49. The number of rotatable bonds is 4. The van der Waals surface area contributed by atoms with Crippen molar-refractivity contribution >= 4 is 5.69 Å². The van der Waals surface area contributed by atoms with Gasteiger partial charge in [0.25, 0.3) is 0 Å². The summed E-state index contributed by atoms with van der Waals surface area (Å²) < 4.78 is 4.12. The zero-order valence-electron chi connectivity index (χ0n) is 17.5. The van der Waals surface area contributed by atoms with Crippen molar-refractivity contribution in [2.45, 2.75) is 39.8 Å². The van der Waals surface area contributed by atoms with E-state index in [0.717, 1.165) is 48.1 Å². The summed E-state index contributed by atoms with van der Waals surface area (Å²) in [6.07, 6.45) is 5.41. The summed E-state index contributed by atoms with van der Waals surface area (Å²) in [7, 11) is 0. The first-order chi connectivity index (χ1) is 14.6. The van der Waals surface area contributed by atoms with Crippen LogP contribution in [0.3, 0.4) is 0 Å². The van der Waals surface area contributed by atoms with Crippen molar-refractivity contribution in [3.05, 3.63) is 72.2 Å². The maximum absolute atomic E-state index is 4.96. The Kier molecular flexibility index (Phi) is 4.58. The molecule has 0 saturated heterocycles. The molecule has 152 valence electrons. The van der Waals surface area contributed by atoms with Gasteiger partial charge in [0, 0.05) is 30.5 Å². The van der Waals surface area contributed by atoms with Gasteiger partial charge in [-0.2, -0.15) is 0 Å². The monoisotopic (exact) mass is 399 g/mol. The van der Waals surface area contributed by atoms with E-state index >= 15 is 0 Å². The lowest BCUT2D eigenvalue weighted by molar-refractivity contribution is 0.560. The van der Waals surface area contributed by atoms with E-state index in [-0.39, 0.29) is 0 Å². The van der Waals surface area contributed by atoms with Crippen molar-refractivity contribution in [3.8, 4) is 16.9 Å². The zero-order valence-corrected chi connectivity index (χ0v) is 17.5. The normalized spacial score (nSPS) is 13.7. The first kappa shape index (κ1) is 18.5. The average molecular weight is 400 g/mol. The maximum atomic E-state index is 4.96. The fraction of sp³-hybridized carbons (Fsp3) is 0.304. The Morgan fingerprint density at radius 3 is 2.50 bits per heavy atom. The van der Waals surface area contributed by atoms with Crippen molar-refractivity contribution in [3.63, 3.8) is 0 Å². The molecule has 7 nitrogen and oxygen atoms in total. The highest BCUT2D eigenvalue weighted by Crippen LogP contribution is 2.33. The molecule has 5 rings (SSSR count). The van der Waals surface area contributed by atoms with Gasteiger partial charge >= 0.3 is 0 Å². The lowest BCUT2D eigenvalue weighted by Crippen LogP contribution is -2.34. The van der Waals surface area contributed by atoms with E-state index in [4.69, 9.17) is 4.98 Å². The van der Waals surface area contributed by atoms with E-state index in [0.29, 0.717) is 5.92 Å². The van der Waals surface area contributed by atoms with Gasteiger partial charge in [-0.05, 0) is 49.2 Å².